The Balaban J connectivity index is 2.45. The van der Waals surface area contributed by atoms with Gasteiger partial charge in [0.2, 0.25) is 0 Å². The van der Waals surface area contributed by atoms with Gasteiger partial charge in [-0.1, -0.05) is 0 Å². The quantitative estimate of drug-likeness (QED) is 0.629. The minimum atomic E-state index is -0.708. The molecule has 19 heavy (non-hydrogen) atoms. The summed E-state index contributed by atoms with van der Waals surface area (Å²) < 4.78 is 5.88. The fourth-order valence-corrected chi connectivity index (χ4v) is 2.47. The van der Waals surface area contributed by atoms with E-state index in [0.717, 1.165) is 4.68 Å². The molecule has 1 aliphatic rings. The van der Waals surface area contributed by atoms with Crippen molar-refractivity contribution in [3.63, 3.8) is 0 Å². The smallest absolute Gasteiger partial charge is 0.436 e. The minimum Gasteiger partial charge on any atom is -0.448 e. The Morgan fingerprint density at radius 2 is 2.16 bits per heavy atom. The number of rotatable bonds is 1. The average Bonchev–Trinajstić information content (AvgIpc) is 2.76. The van der Waals surface area contributed by atoms with E-state index in [1.807, 2.05) is 0 Å². The molecule has 1 aromatic heterocycles. The van der Waals surface area contributed by atoms with Crippen LogP contribution in [0, 0.1) is 0 Å². The molecule has 8 heteroatoms. The molecule has 104 valence electrons. The van der Waals surface area contributed by atoms with Gasteiger partial charge in [-0.2, -0.15) is 5.10 Å². The number of nitrogens with two attached hydrogens (primary N) is 1. The molecule has 2 heterocycles. The first-order chi connectivity index (χ1) is 8.80. The van der Waals surface area contributed by atoms with E-state index < -0.39 is 17.0 Å². The number of amides is 1. The van der Waals surface area contributed by atoms with E-state index >= 15 is 0 Å². The van der Waals surface area contributed by atoms with E-state index in [4.69, 9.17) is 22.1 Å². The van der Waals surface area contributed by atoms with Gasteiger partial charge in [0.25, 0.3) is 0 Å². The molecule has 0 bridgehead atoms. The Bertz CT molecular complexity index is 552. The summed E-state index contributed by atoms with van der Waals surface area (Å²) in [6.07, 6.45) is -0.631. The third-order valence-corrected chi connectivity index (χ3v) is 3.45. The highest BCUT2D eigenvalue weighted by molar-refractivity contribution is 6.62. The fourth-order valence-electron chi connectivity index (χ4n) is 2.20. The molecule has 2 N–H and O–H groups in total. The molecule has 0 saturated heterocycles. The maximum atomic E-state index is 11.7. The summed E-state index contributed by atoms with van der Waals surface area (Å²) in [4.78, 5) is 24.5. The molecule has 1 aliphatic heterocycles. The van der Waals surface area contributed by atoms with Crippen LogP contribution in [0.1, 0.15) is 32.0 Å². The molecular formula is C11H15ClN4O3. The summed E-state index contributed by atoms with van der Waals surface area (Å²) in [5.41, 5.74) is 6.37. The summed E-state index contributed by atoms with van der Waals surface area (Å²) in [6.45, 7) is 5.75. The van der Waals surface area contributed by atoms with Crippen LogP contribution in [0.25, 0.3) is 0 Å². The number of ether oxygens (including phenoxy) is 1. The standard InChI is InChI=1S/C11H15ClN4O3/c1-4-19-10(18)16-8(13)6-5-15(9(12)17)11(2,3)7(6)14-16/h4-5,13H2,1-3H3. The third-order valence-electron chi connectivity index (χ3n) is 3.25. The van der Waals surface area contributed by atoms with Crippen LogP contribution in [-0.4, -0.2) is 32.7 Å². The Morgan fingerprint density at radius 3 is 2.63 bits per heavy atom. The zero-order valence-electron chi connectivity index (χ0n) is 10.9. The van der Waals surface area contributed by atoms with E-state index in [1.54, 1.807) is 20.8 Å². The van der Waals surface area contributed by atoms with Gasteiger partial charge in [0.05, 0.1) is 24.4 Å². The molecule has 0 fully saturated rings. The first-order valence-corrected chi connectivity index (χ1v) is 6.20. The SMILES string of the molecule is CCOC(=O)n1nc2c(c1N)CN(C(=O)Cl)C2(C)C. The normalized spacial score (nSPS) is 16.3. The largest absolute Gasteiger partial charge is 0.448 e. The predicted octanol–water partition coefficient (Wildman–Crippen LogP) is 1.88. The topological polar surface area (TPSA) is 90.4 Å². The van der Waals surface area contributed by atoms with Gasteiger partial charge in [0.1, 0.15) is 5.82 Å². The summed E-state index contributed by atoms with van der Waals surface area (Å²) in [5, 5.41) is 3.58. The molecule has 0 spiro atoms. The average molecular weight is 287 g/mol. The number of nitrogen functional groups attached to an aromatic ring is 1. The number of anilines is 1. The number of nitrogens with zero attached hydrogens (tertiary/aromatic N) is 3. The molecule has 0 radical (unpaired) electrons. The Morgan fingerprint density at radius 1 is 1.53 bits per heavy atom. The number of aromatic nitrogens is 2. The lowest BCUT2D eigenvalue weighted by atomic mass is 10.0. The van der Waals surface area contributed by atoms with Crippen molar-refractivity contribution in [2.75, 3.05) is 12.3 Å². The van der Waals surface area contributed by atoms with Gasteiger partial charge in [-0.05, 0) is 32.4 Å². The highest BCUT2D eigenvalue weighted by Crippen LogP contribution is 2.41. The zero-order valence-corrected chi connectivity index (χ0v) is 11.7. The molecule has 0 aliphatic carbocycles. The van der Waals surface area contributed by atoms with Gasteiger partial charge in [0.15, 0.2) is 0 Å². The number of carbonyl (C=O) groups excluding carboxylic acids is 2. The van der Waals surface area contributed by atoms with Crippen LogP contribution >= 0.6 is 11.6 Å². The zero-order chi connectivity index (χ0) is 14.4. The van der Waals surface area contributed by atoms with E-state index in [1.165, 1.54) is 4.90 Å². The molecule has 1 aromatic rings. The van der Waals surface area contributed by atoms with Gasteiger partial charge in [-0.15, -0.1) is 4.68 Å². The van der Waals surface area contributed by atoms with Crippen molar-refractivity contribution in [2.24, 2.45) is 0 Å². The van der Waals surface area contributed by atoms with E-state index in [-0.39, 0.29) is 19.0 Å². The van der Waals surface area contributed by atoms with Crippen LogP contribution in [0.5, 0.6) is 0 Å². The van der Waals surface area contributed by atoms with Crippen LogP contribution in [0.15, 0.2) is 0 Å². The number of hydrogen-bond acceptors (Lipinski definition) is 5. The van der Waals surface area contributed by atoms with Crippen molar-refractivity contribution in [1.29, 1.82) is 0 Å². The Kier molecular flexibility index (Phi) is 3.17. The first-order valence-electron chi connectivity index (χ1n) is 5.82. The van der Waals surface area contributed by atoms with E-state index in [0.29, 0.717) is 11.3 Å². The van der Waals surface area contributed by atoms with Crippen molar-refractivity contribution in [1.82, 2.24) is 14.7 Å². The number of fused-ring (bicyclic) bond motifs is 1. The summed E-state index contributed by atoms with van der Waals surface area (Å²) >= 11 is 5.54. The first kappa shape index (κ1) is 13.7. The summed E-state index contributed by atoms with van der Waals surface area (Å²) in [7, 11) is 0. The maximum absolute atomic E-state index is 11.7. The fraction of sp³-hybridized carbons (Fsp3) is 0.545. The van der Waals surface area contributed by atoms with Gasteiger partial charge in [0, 0.05) is 5.56 Å². The van der Waals surface area contributed by atoms with E-state index in [2.05, 4.69) is 5.10 Å². The van der Waals surface area contributed by atoms with Crippen molar-refractivity contribution in [2.45, 2.75) is 32.9 Å². The Hall–Kier alpha value is -1.76. The molecule has 2 rings (SSSR count). The highest BCUT2D eigenvalue weighted by Gasteiger charge is 2.44. The van der Waals surface area contributed by atoms with Gasteiger partial charge in [-0.3, -0.25) is 4.79 Å². The molecule has 0 saturated carbocycles. The van der Waals surface area contributed by atoms with Gasteiger partial charge in [-0.25, -0.2) is 4.79 Å². The second-order valence-corrected chi connectivity index (χ2v) is 5.04. The summed E-state index contributed by atoms with van der Waals surface area (Å²) in [6, 6.07) is 0. The third kappa shape index (κ3) is 1.94. The molecule has 1 amide bonds. The molecule has 0 aromatic carbocycles. The lowest BCUT2D eigenvalue weighted by molar-refractivity contribution is 0.147. The number of hydrogen-bond donors (Lipinski definition) is 1. The van der Waals surface area contributed by atoms with Crippen molar-refractivity contribution >= 4 is 28.9 Å². The molecule has 0 unspecified atom stereocenters. The van der Waals surface area contributed by atoms with Crippen molar-refractivity contribution in [3.05, 3.63) is 11.3 Å². The lowest BCUT2D eigenvalue weighted by Crippen LogP contribution is -2.38. The monoisotopic (exact) mass is 286 g/mol. The number of carbonyl (C=O) groups is 2. The predicted molar refractivity (Wildman–Crippen MR) is 68.9 cm³/mol. The molecule has 7 nitrogen and oxygen atoms in total. The van der Waals surface area contributed by atoms with Crippen LogP contribution in [0.4, 0.5) is 15.4 Å². The molecule has 0 atom stereocenters. The minimum absolute atomic E-state index is 0.182. The lowest BCUT2D eigenvalue weighted by Gasteiger charge is -2.29. The van der Waals surface area contributed by atoms with Crippen LogP contribution in [-0.2, 0) is 16.8 Å². The summed E-state index contributed by atoms with van der Waals surface area (Å²) in [5.74, 6) is 0.182. The Labute approximate surface area is 115 Å². The van der Waals surface area contributed by atoms with Crippen molar-refractivity contribution < 1.29 is 14.3 Å². The van der Waals surface area contributed by atoms with Crippen LogP contribution < -0.4 is 5.73 Å². The van der Waals surface area contributed by atoms with Gasteiger partial charge < -0.3 is 15.4 Å². The van der Waals surface area contributed by atoms with E-state index in [9.17, 15) is 9.59 Å². The van der Waals surface area contributed by atoms with Gasteiger partial charge >= 0.3 is 11.5 Å². The van der Waals surface area contributed by atoms with Crippen LogP contribution in [0.3, 0.4) is 0 Å². The second-order valence-electron chi connectivity index (χ2n) is 4.72. The van der Waals surface area contributed by atoms with Crippen molar-refractivity contribution in [3.8, 4) is 0 Å². The number of halogens is 1. The second kappa shape index (κ2) is 4.41. The molecular weight excluding hydrogens is 272 g/mol. The highest BCUT2D eigenvalue weighted by atomic mass is 35.5. The maximum Gasteiger partial charge on any atom is 0.436 e. The van der Waals surface area contributed by atoms with Crippen LogP contribution in [0.2, 0.25) is 0 Å².